The van der Waals surface area contributed by atoms with E-state index in [9.17, 15) is 13.2 Å². The molecular weight excluding hydrogens is 257 g/mol. The summed E-state index contributed by atoms with van der Waals surface area (Å²) in [7, 11) is 0. The predicted octanol–water partition coefficient (Wildman–Crippen LogP) is 2.22. The molecule has 0 N–H and O–H groups in total. The second kappa shape index (κ2) is 4.40. The molecule has 0 atom stereocenters. The Balaban J connectivity index is 2.18. The minimum Gasteiger partial charge on any atom is -0.411 e. The standard InChI is InChI=1S/C8H7F3N4OS/c1-17-7-14-13-6(16-7)5-2-12-15(3-5)4-8(9,10)11/h2-3H,4H2,1H3. The summed E-state index contributed by atoms with van der Waals surface area (Å²) >= 11 is 1.25. The molecule has 0 aliphatic rings. The van der Waals surface area contributed by atoms with Gasteiger partial charge >= 0.3 is 6.18 Å². The van der Waals surface area contributed by atoms with Crippen molar-refractivity contribution in [2.75, 3.05) is 6.26 Å². The van der Waals surface area contributed by atoms with E-state index in [1.54, 1.807) is 6.26 Å². The van der Waals surface area contributed by atoms with Crippen LogP contribution >= 0.6 is 11.8 Å². The highest BCUT2D eigenvalue weighted by molar-refractivity contribution is 7.98. The number of nitrogens with zero attached hydrogens (tertiary/aromatic N) is 4. The van der Waals surface area contributed by atoms with Crippen LogP contribution in [-0.2, 0) is 6.54 Å². The van der Waals surface area contributed by atoms with Crippen molar-refractivity contribution in [2.45, 2.75) is 17.9 Å². The lowest BCUT2D eigenvalue weighted by Gasteiger charge is -2.04. The molecule has 17 heavy (non-hydrogen) atoms. The molecule has 0 bridgehead atoms. The molecule has 92 valence electrons. The topological polar surface area (TPSA) is 56.7 Å². The van der Waals surface area contributed by atoms with E-state index in [2.05, 4.69) is 15.3 Å². The highest BCUT2D eigenvalue weighted by atomic mass is 32.2. The van der Waals surface area contributed by atoms with Crippen LogP contribution in [0.25, 0.3) is 11.5 Å². The van der Waals surface area contributed by atoms with Crippen LogP contribution in [0.5, 0.6) is 0 Å². The van der Waals surface area contributed by atoms with Gasteiger partial charge in [-0.3, -0.25) is 4.68 Å². The van der Waals surface area contributed by atoms with Crippen molar-refractivity contribution in [2.24, 2.45) is 0 Å². The van der Waals surface area contributed by atoms with Gasteiger partial charge in [-0.05, 0) is 6.26 Å². The first-order valence-electron chi connectivity index (χ1n) is 4.45. The summed E-state index contributed by atoms with van der Waals surface area (Å²) in [6.07, 6.45) is -0.0819. The lowest BCUT2D eigenvalue weighted by atomic mass is 10.4. The second-order valence-electron chi connectivity index (χ2n) is 3.12. The molecule has 2 heterocycles. The van der Waals surface area contributed by atoms with E-state index in [-0.39, 0.29) is 5.89 Å². The van der Waals surface area contributed by atoms with E-state index in [1.807, 2.05) is 0 Å². The molecule has 0 aliphatic carbocycles. The van der Waals surface area contributed by atoms with Gasteiger partial charge < -0.3 is 4.42 Å². The Morgan fingerprint density at radius 2 is 2.18 bits per heavy atom. The monoisotopic (exact) mass is 264 g/mol. The fourth-order valence-electron chi connectivity index (χ4n) is 1.15. The van der Waals surface area contributed by atoms with Crippen molar-refractivity contribution in [3.8, 4) is 11.5 Å². The third-order valence-electron chi connectivity index (χ3n) is 1.80. The SMILES string of the molecule is CSc1nnc(-c2cnn(CC(F)(F)F)c2)o1. The van der Waals surface area contributed by atoms with Crippen molar-refractivity contribution in [1.82, 2.24) is 20.0 Å². The highest BCUT2D eigenvalue weighted by Gasteiger charge is 2.28. The normalized spacial score (nSPS) is 12.0. The maximum Gasteiger partial charge on any atom is 0.408 e. The zero-order valence-electron chi connectivity index (χ0n) is 8.60. The first-order chi connectivity index (χ1) is 7.98. The number of hydrogen-bond acceptors (Lipinski definition) is 5. The number of hydrogen-bond donors (Lipinski definition) is 0. The smallest absolute Gasteiger partial charge is 0.408 e. The first kappa shape index (κ1) is 12.0. The van der Waals surface area contributed by atoms with Gasteiger partial charge in [-0.2, -0.15) is 18.3 Å². The summed E-state index contributed by atoms with van der Waals surface area (Å²) in [6, 6.07) is 0. The number of aromatic nitrogens is 4. The summed E-state index contributed by atoms with van der Waals surface area (Å²) in [6.45, 7) is -1.14. The average Bonchev–Trinajstić information content (AvgIpc) is 2.82. The van der Waals surface area contributed by atoms with Crippen LogP contribution in [0.15, 0.2) is 22.0 Å². The Kier molecular flexibility index (Phi) is 3.09. The largest absolute Gasteiger partial charge is 0.411 e. The number of rotatable bonds is 3. The molecular formula is C8H7F3N4OS. The Bertz CT molecular complexity index is 507. The van der Waals surface area contributed by atoms with Crippen LogP contribution in [0.1, 0.15) is 0 Å². The lowest BCUT2D eigenvalue weighted by molar-refractivity contribution is -0.142. The van der Waals surface area contributed by atoms with Gasteiger partial charge in [0, 0.05) is 6.20 Å². The van der Waals surface area contributed by atoms with E-state index in [0.29, 0.717) is 10.8 Å². The van der Waals surface area contributed by atoms with E-state index in [4.69, 9.17) is 4.42 Å². The quantitative estimate of drug-likeness (QED) is 0.795. The minimum atomic E-state index is -4.30. The second-order valence-corrected chi connectivity index (χ2v) is 3.88. The van der Waals surface area contributed by atoms with Crippen LogP contribution < -0.4 is 0 Å². The summed E-state index contributed by atoms with van der Waals surface area (Å²) in [5.74, 6) is 0.155. The van der Waals surface area contributed by atoms with Gasteiger partial charge in [0.2, 0.25) is 0 Å². The molecule has 0 amide bonds. The summed E-state index contributed by atoms with van der Waals surface area (Å²) in [5.41, 5.74) is 0.363. The number of halogens is 3. The molecule has 9 heteroatoms. The Morgan fingerprint density at radius 3 is 2.76 bits per heavy atom. The molecule has 2 aromatic heterocycles. The molecule has 2 rings (SSSR count). The van der Waals surface area contributed by atoms with Crippen LogP contribution in [0.2, 0.25) is 0 Å². The fourth-order valence-corrected chi connectivity index (χ4v) is 1.44. The third-order valence-corrected chi connectivity index (χ3v) is 2.32. The average molecular weight is 264 g/mol. The van der Waals surface area contributed by atoms with Gasteiger partial charge in [0.1, 0.15) is 6.54 Å². The maximum absolute atomic E-state index is 12.1. The van der Waals surface area contributed by atoms with Gasteiger partial charge in [0.15, 0.2) is 0 Å². The molecule has 0 aliphatic heterocycles. The zero-order chi connectivity index (χ0) is 12.5. The third kappa shape index (κ3) is 2.99. The van der Waals surface area contributed by atoms with Crippen molar-refractivity contribution >= 4 is 11.8 Å². The van der Waals surface area contributed by atoms with Gasteiger partial charge in [-0.25, -0.2) is 0 Å². The first-order valence-corrected chi connectivity index (χ1v) is 5.67. The van der Waals surface area contributed by atoms with Gasteiger partial charge in [-0.1, -0.05) is 11.8 Å². The zero-order valence-corrected chi connectivity index (χ0v) is 9.42. The summed E-state index contributed by atoms with van der Waals surface area (Å²) < 4.78 is 42.2. The van der Waals surface area contributed by atoms with E-state index < -0.39 is 12.7 Å². The maximum atomic E-state index is 12.1. The Hall–Kier alpha value is -1.51. The van der Waals surface area contributed by atoms with E-state index >= 15 is 0 Å². The van der Waals surface area contributed by atoms with Gasteiger partial charge in [0.05, 0.1) is 11.8 Å². The van der Waals surface area contributed by atoms with E-state index in [1.165, 1.54) is 24.2 Å². The molecule has 0 saturated carbocycles. The Labute approximate surface area is 98.0 Å². The molecule has 0 unspecified atom stereocenters. The molecule has 0 saturated heterocycles. The minimum absolute atomic E-state index is 0.155. The summed E-state index contributed by atoms with van der Waals surface area (Å²) in [4.78, 5) is 0. The van der Waals surface area contributed by atoms with Crippen LogP contribution in [0, 0.1) is 0 Å². The molecule has 0 fully saturated rings. The fraction of sp³-hybridized carbons (Fsp3) is 0.375. The molecule has 0 spiro atoms. The van der Waals surface area contributed by atoms with E-state index in [0.717, 1.165) is 4.68 Å². The van der Waals surface area contributed by atoms with Crippen molar-refractivity contribution < 1.29 is 17.6 Å². The van der Waals surface area contributed by atoms with Crippen molar-refractivity contribution in [1.29, 1.82) is 0 Å². The Morgan fingerprint density at radius 1 is 1.41 bits per heavy atom. The van der Waals surface area contributed by atoms with Crippen LogP contribution in [0.4, 0.5) is 13.2 Å². The number of alkyl halides is 3. The molecule has 0 aromatic carbocycles. The molecule has 5 nitrogen and oxygen atoms in total. The predicted molar refractivity (Wildman–Crippen MR) is 53.4 cm³/mol. The molecule has 2 aromatic rings. The lowest BCUT2D eigenvalue weighted by Crippen LogP contribution is -2.17. The highest BCUT2D eigenvalue weighted by Crippen LogP contribution is 2.22. The number of thioether (sulfide) groups is 1. The van der Waals surface area contributed by atoms with Gasteiger partial charge in [-0.15, -0.1) is 10.2 Å². The van der Waals surface area contributed by atoms with Crippen molar-refractivity contribution in [3.63, 3.8) is 0 Å². The van der Waals surface area contributed by atoms with Crippen LogP contribution in [0.3, 0.4) is 0 Å². The van der Waals surface area contributed by atoms with Gasteiger partial charge in [0.25, 0.3) is 11.1 Å². The molecule has 0 radical (unpaired) electrons. The van der Waals surface area contributed by atoms with Crippen molar-refractivity contribution in [3.05, 3.63) is 12.4 Å². The summed E-state index contributed by atoms with van der Waals surface area (Å²) in [5, 5.41) is 11.3. The van der Waals surface area contributed by atoms with Crippen LogP contribution in [-0.4, -0.2) is 32.4 Å².